The van der Waals surface area contributed by atoms with Crippen LogP contribution in [-0.2, 0) is 11.2 Å². The van der Waals surface area contributed by atoms with Gasteiger partial charge in [0.2, 0.25) is 5.91 Å². The minimum absolute atomic E-state index is 0.118. The Labute approximate surface area is 177 Å². The number of nitrogens with zero attached hydrogens (tertiary/aromatic N) is 2. The molecule has 2 aromatic carbocycles. The van der Waals surface area contributed by atoms with E-state index in [0.29, 0.717) is 35.9 Å². The number of aliphatic hydroxyl groups excluding tert-OH is 1. The molecule has 1 aromatic heterocycles. The molecule has 1 fully saturated rings. The average molecular weight is 427 g/mol. The summed E-state index contributed by atoms with van der Waals surface area (Å²) in [7, 11) is 0. The SMILES string of the molecule is O=C1CCc2c(OC[C@]3(O)CCN(c4nc5ccccc5o4)C[C@H]3O)ccc(F)c2N1. The van der Waals surface area contributed by atoms with Crippen molar-refractivity contribution in [1.29, 1.82) is 0 Å². The number of hydrogen-bond donors (Lipinski definition) is 3. The molecule has 1 saturated heterocycles. The minimum Gasteiger partial charge on any atom is -0.490 e. The second-order valence-corrected chi connectivity index (χ2v) is 8.02. The largest absolute Gasteiger partial charge is 0.490 e. The van der Waals surface area contributed by atoms with Crippen LogP contribution < -0.4 is 15.0 Å². The van der Waals surface area contributed by atoms with Crippen LogP contribution in [0.15, 0.2) is 40.8 Å². The Balaban J connectivity index is 1.29. The highest BCUT2D eigenvalue weighted by molar-refractivity contribution is 5.94. The maximum absolute atomic E-state index is 14.1. The number of benzene rings is 2. The lowest BCUT2D eigenvalue weighted by atomic mass is 9.89. The molecule has 31 heavy (non-hydrogen) atoms. The molecule has 3 aromatic rings. The molecule has 5 rings (SSSR count). The lowest BCUT2D eigenvalue weighted by Gasteiger charge is -2.41. The maximum Gasteiger partial charge on any atom is 0.298 e. The molecular weight excluding hydrogens is 405 g/mol. The molecule has 0 saturated carbocycles. The molecular formula is C22H22FN3O5. The maximum atomic E-state index is 14.1. The number of hydrogen-bond acceptors (Lipinski definition) is 7. The lowest BCUT2D eigenvalue weighted by Crippen LogP contribution is -2.58. The average Bonchev–Trinajstić information content (AvgIpc) is 3.20. The number of para-hydroxylation sites is 2. The van der Waals surface area contributed by atoms with Gasteiger partial charge in [-0.05, 0) is 37.1 Å². The normalized spacial score (nSPS) is 23.5. The van der Waals surface area contributed by atoms with Crippen LogP contribution in [-0.4, -0.2) is 52.5 Å². The third kappa shape index (κ3) is 3.60. The third-order valence-electron chi connectivity index (χ3n) is 5.94. The van der Waals surface area contributed by atoms with Gasteiger partial charge in [0.1, 0.15) is 35.4 Å². The Kier molecular flexibility index (Phi) is 4.79. The van der Waals surface area contributed by atoms with E-state index in [1.54, 1.807) is 4.90 Å². The molecule has 0 bridgehead atoms. The number of oxazole rings is 1. The van der Waals surface area contributed by atoms with Crippen molar-refractivity contribution in [1.82, 2.24) is 4.98 Å². The predicted molar refractivity (Wildman–Crippen MR) is 111 cm³/mol. The monoisotopic (exact) mass is 427 g/mol. The van der Waals surface area contributed by atoms with E-state index in [0.717, 1.165) is 5.52 Å². The van der Waals surface area contributed by atoms with Crippen LogP contribution in [0.2, 0.25) is 0 Å². The first-order valence-electron chi connectivity index (χ1n) is 10.2. The van der Waals surface area contributed by atoms with Crippen molar-refractivity contribution in [2.75, 3.05) is 29.9 Å². The summed E-state index contributed by atoms with van der Waals surface area (Å²) in [4.78, 5) is 17.8. The molecule has 162 valence electrons. The van der Waals surface area contributed by atoms with Crippen molar-refractivity contribution < 1.29 is 28.6 Å². The Morgan fingerprint density at radius 1 is 1.29 bits per heavy atom. The van der Waals surface area contributed by atoms with Gasteiger partial charge in [-0.3, -0.25) is 4.79 Å². The van der Waals surface area contributed by atoms with E-state index in [2.05, 4.69) is 10.3 Å². The zero-order valence-electron chi connectivity index (χ0n) is 16.7. The zero-order valence-corrected chi connectivity index (χ0v) is 16.7. The van der Waals surface area contributed by atoms with Crippen molar-refractivity contribution in [3.05, 3.63) is 47.8 Å². The number of carbonyl (C=O) groups is 1. The van der Waals surface area contributed by atoms with Crippen molar-refractivity contribution in [2.45, 2.75) is 31.0 Å². The summed E-state index contributed by atoms with van der Waals surface area (Å²) in [5.41, 5.74) is 0.573. The number of aromatic nitrogens is 1. The summed E-state index contributed by atoms with van der Waals surface area (Å²) in [6.07, 6.45) is -0.292. The molecule has 8 nitrogen and oxygen atoms in total. The smallest absolute Gasteiger partial charge is 0.298 e. The molecule has 0 unspecified atom stereocenters. The van der Waals surface area contributed by atoms with Crippen molar-refractivity contribution in [2.24, 2.45) is 0 Å². The van der Waals surface area contributed by atoms with Crippen molar-refractivity contribution >= 4 is 28.7 Å². The highest BCUT2D eigenvalue weighted by Crippen LogP contribution is 2.35. The number of ether oxygens (including phenoxy) is 1. The molecule has 2 aliphatic rings. The molecule has 3 heterocycles. The number of piperidine rings is 1. The van der Waals surface area contributed by atoms with E-state index in [9.17, 15) is 19.4 Å². The standard InChI is InChI=1S/C22H22FN3O5/c23-14-6-7-16(13-5-8-19(28)25-20(13)14)30-12-22(29)9-10-26(11-18(22)27)21-24-15-3-1-2-4-17(15)31-21/h1-4,6-7,18,27,29H,5,8-12H2,(H,25,28)/t18-,22-/m1/s1. The number of β-amino-alcohol motifs (C(OH)–C–C–N with tert-alkyl or cyclic N) is 1. The molecule has 2 atom stereocenters. The first-order valence-corrected chi connectivity index (χ1v) is 10.2. The summed E-state index contributed by atoms with van der Waals surface area (Å²) in [5.74, 6) is -0.386. The fourth-order valence-electron chi connectivity index (χ4n) is 4.06. The fraction of sp³-hybridized carbons (Fsp3) is 0.364. The van der Waals surface area contributed by atoms with Gasteiger partial charge in [-0.1, -0.05) is 12.1 Å². The fourth-order valence-corrected chi connectivity index (χ4v) is 4.06. The number of anilines is 2. The van der Waals surface area contributed by atoms with Gasteiger partial charge in [-0.15, -0.1) is 0 Å². The van der Waals surface area contributed by atoms with Crippen LogP contribution in [0.4, 0.5) is 16.1 Å². The number of amides is 1. The number of halogens is 1. The first-order chi connectivity index (χ1) is 14.9. The number of nitrogens with one attached hydrogen (secondary N) is 1. The van der Waals surface area contributed by atoms with Crippen molar-refractivity contribution in [3.63, 3.8) is 0 Å². The molecule has 1 amide bonds. The van der Waals surface area contributed by atoms with Gasteiger partial charge in [0.25, 0.3) is 6.01 Å². The van der Waals surface area contributed by atoms with Crippen LogP contribution in [0.25, 0.3) is 11.1 Å². The van der Waals surface area contributed by atoms with Gasteiger partial charge >= 0.3 is 0 Å². The van der Waals surface area contributed by atoms with Crippen LogP contribution in [0.3, 0.4) is 0 Å². The summed E-state index contributed by atoms with van der Waals surface area (Å²) >= 11 is 0. The lowest BCUT2D eigenvalue weighted by molar-refractivity contribution is -0.116. The topological polar surface area (TPSA) is 108 Å². The summed E-state index contributed by atoms with van der Waals surface area (Å²) in [6.45, 7) is 0.382. The Morgan fingerprint density at radius 2 is 2.13 bits per heavy atom. The van der Waals surface area contributed by atoms with Crippen LogP contribution in [0.5, 0.6) is 5.75 Å². The quantitative estimate of drug-likeness (QED) is 0.586. The van der Waals surface area contributed by atoms with Gasteiger partial charge in [-0.2, -0.15) is 4.98 Å². The van der Waals surface area contributed by atoms with Crippen molar-refractivity contribution in [3.8, 4) is 5.75 Å². The molecule has 0 aliphatic carbocycles. The summed E-state index contributed by atoms with van der Waals surface area (Å²) in [5, 5.41) is 24.2. The van der Waals surface area contributed by atoms with Gasteiger partial charge in [0.05, 0.1) is 12.2 Å². The van der Waals surface area contributed by atoms with E-state index in [1.165, 1.54) is 12.1 Å². The second kappa shape index (κ2) is 7.51. The van der Waals surface area contributed by atoms with Crippen LogP contribution in [0, 0.1) is 5.82 Å². The number of carbonyl (C=O) groups excluding carboxylic acids is 1. The minimum atomic E-state index is -1.48. The van der Waals surface area contributed by atoms with Gasteiger partial charge in [0, 0.05) is 18.5 Å². The second-order valence-electron chi connectivity index (χ2n) is 8.02. The highest BCUT2D eigenvalue weighted by Gasteiger charge is 2.43. The number of fused-ring (bicyclic) bond motifs is 2. The molecule has 9 heteroatoms. The van der Waals surface area contributed by atoms with Gasteiger partial charge in [-0.25, -0.2) is 4.39 Å². The third-order valence-corrected chi connectivity index (χ3v) is 5.94. The summed E-state index contributed by atoms with van der Waals surface area (Å²) in [6, 6.07) is 10.5. The van der Waals surface area contributed by atoms with Gasteiger partial charge < -0.3 is 29.6 Å². The van der Waals surface area contributed by atoms with E-state index in [-0.39, 0.29) is 37.6 Å². The van der Waals surface area contributed by atoms with E-state index in [4.69, 9.17) is 9.15 Å². The van der Waals surface area contributed by atoms with Crippen LogP contribution in [0.1, 0.15) is 18.4 Å². The number of aliphatic hydroxyl groups is 2. The zero-order chi connectivity index (χ0) is 21.6. The first kappa shape index (κ1) is 19.8. The van der Waals surface area contributed by atoms with Crippen LogP contribution >= 0.6 is 0 Å². The van der Waals surface area contributed by atoms with E-state index < -0.39 is 17.5 Å². The number of rotatable bonds is 4. The van der Waals surface area contributed by atoms with E-state index >= 15 is 0 Å². The van der Waals surface area contributed by atoms with Gasteiger partial charge in [0.15, 0.2) is 5.58 Å². The predicted octanol–water partition coefficient (Wildman–Crippen LogP) is 2.23. The Morgan fingerprint density at radius 3 is 2.94 bits per heavy atom. The Hall–Kier alpha value is -3.17. The Bertz CT molecular complexity index is 1120. The highest BCUT2D eigenvalue weighted by atomic mass is 19.1. The molecule has 0 radical (unpaired) electrons. The molecule has 2 aliphatic heterocycles. The molecule has 0 spiro atoms. The summed E-state index contributed by atoms with van der Waals surface area (Å²) < 4.78 is 25.6. The van der Waals surface area contributed by atoms with E-state index in [1.807, 2.05) is 24.3 Å². The molecule has 3 N–H and O–H groups in total.